The molecule has 0 heterocycles. The molecule has 238 valence electrons. The maximum absolute atomic E-state index is 11.9. The van der Waals surface area contributed by atoms with E-state index in [1.807, 2.05) is 61.5 Å². The van der Waals surface area contributed by atoms with E-state index >= 15 is 0 Å². The van der Waals surface area contributed by atoms with Crippen LogP contribution < -0.4 is 19.1 Å². The Labute approximate surface area is 263 Å². The quantitative estimate of drug-likeness (QED) is 0.128. The number of carbonyl (C=O) groups is 1. The predicted octanol–water partition coefficient (Wildman–Crippen LogP) is 5.33. The first-order valence-corrected chi connectivity index (χ1v) is 16.3. The van der Waals surface area contributed by atoms with Gasteiger partial charge < -0.3 is 29.7 Å². The summed E-state index contributed by atoms with van der Waals surface area (Å²) in [7, 11) is -3.43. The zero-order valence-corrected chi connectivity index (χ0v) is 26.0. The third kappa shape index (κ3) is 10.8. The van der Waals surface area contributed by atoms with Crippen molar-refractivity contribution in [3.05, 3.63) is 114 Å². The number of anilines is 2. The third-order valence-corrected chi connectivity index (χ3v) is 7.50. The number of nitrogens with one attached hydrogen (secondary N) is 1. The normalized spacial score (nSPS) is 12.6. The Bertz CT molecular complexity index is 1650. The van der Waals surface area contributed by atoms with E-state index in [4.69, 9.17) is 14.6 Å². The van der Waals surface area contributed by atoms with Gasteiger partial charge in [0.25, 0.3) is 0 Å². The topological polar surface area (TPSA) is 146 Å². The smallest absolute Gasteiger partial charge is 0.305 e. The zero-order chi connectivity index (χ0) is 32.4. The summed E-state index contributed by atoms with van der Waals surface area (Å²) in [5, 5.41) is 28.4. The molecule has 0 amide bonds. The summed E-state index contributed by atoms with van der Waals surface area (Å²) in [6, 6.07) is 30.3. The lowest BCUT2D eigenvalue weighted by Crippen LogP contribution is -2.25. The van der Waals surface area contributed by atoms with Gasteiger partial charge in [-0.3, -0.25) is 9.52 Å². The number of benzene rings is 4. The van der Waals surface area contributed by atoms with Crippen molar-refractivity contribution in [2.45, 2.75) is 45.1 Å². The molecule has 45 heavy (non-hydrogen) atoms. The van der Waals surface area contributed by atoms with E-state index in [9.17, 15) is 23.4 Å². The first kappa shape index (κ1) is 33.3. The van der Waals surface area contributed by atoms with E-state index in [0.717, 1.165) is 28.6 Å². The Morgan fingerprint density at radius 3 is 1.98 bits per heavy atom. The highest BCUT2D eigenvalue weighted by molar-refractivity contribution is 7.92. The van der Waals surface area contributed by atoms with Gasteiger partial charge >= 0.3 is 5.97 Å². The number of carboxylic acid groups (broad SMARTS) is 1. The van der Waals surface area contributed by atoms with Crippen LogP contribution in [-0.2, 0) is 27.9 Å². The number of hydrogen-bond donors (Lipinski definition) is 4. The lowest BCUT2D eigenvalue weighted by molar-refractivity contribution is -0.139. The largest absolute Gasteiger partial charge is 0.491 e. The highest BCUT2D eigenvalue weighted by Gasteiger charge is 2.17. The van der Waals surface area contributed by atoms with E-state index in [1.165, 1.54) is 0 Å². The second-order valence-corrected chi connectivity index (χ2v) is 12.6. The standard InChI is InChI=1S/C34H38N2O8S/c1-24-32(35-45(2,41)42)9-6-10-33(24)36(21-25-7-4-3-5-8-25)22-26-11-13-30(14-12-26)44-31-17-15-29(16-18-31)43-23-28(38)19-27(37)20-34(39)40/h3-18,27-28,35,37-38H,19-23H2,1-2H3,(H,39,40)/t27-,28-/m0/s1. The van der Waals surface area contributed by atoms with E-state index in [0.29, 0.717) is 36.0 Å². The van der Waals surface area contributed by atoms with Gasteiger partial charge in [0.1, 0.15) is 23.9 Å². The highest BCUT2D eigenvalue weighted by Crippen LogP contribution is 2.31. The molecule has 0 spiro atoms. The lowest BCUT2D eigenvalue weighted by Gasteiger charge is -2.28. The molecule has 4 rings (SSSR count). The fourth-order valence-electron chi connectivity index (χ4n) is 4.79. The number of aliphatic carboxylic acids is 1. The molecule has 4 N–H and O–H groups in total. The number of nitrogens with zero attached hydrogens (tertiary/aromatic N) is 1. The Kier molecular flexibility index (Phi) is 11.4. The summed E-state index contributed by atoms with van der Waals surface area (Å²) in [6.45, 7) is 3.01. The average molecular weight is 635 g/mol. The van der Waals surface area contributed by atoms with Crippen LogP contribution in [0.25, 0.3) is 0 Å². The molecule has 0 aliphatic heterocycles. The van der Waals surface area contributed by atoms with E-state index in [-0.39, 0.29) is 13.0 Å². The average Bonchev–Trinajstić information content (AvgIpc) is 2.98. The fraction of sp³-hybridized carbons (Fsp3) is 0.265. The van der Waals surface area contributed by atoms with Crippen molar-refractivity contribution in [2.24, 2.45) is 0 Å². The summed E-state index contributed by atoms with van der Waals surface area (Å²) in [5.41, 5.74) is 4.44. The summed E-state index contributed by atoms with van der Waals surface area (Å²) in [4.78, 5) is 12.9. The van der Waals surface area contributed by atoms with Gasteiger partial charge in [0.2, 0.25) is 10.0 Å². The number of aliphatic hydroxyl groups excluding tert-OH is 2. The van der Waals surface area contributed by atoms with Gasteiger partial charge in [-0.15, -0.1) is 0 Å². The Morgan fingerprint density at radius 2 is 1.38 bits per heavy atom. The number of rotatable bonds is 16. The number of aliphatic hydroxyl groups is 2. The highest BCUT2D eigenvalue weighted by atomic mass is 32.2. The molecule has 0 bridgehead atoms. The molecule has 0 radical (unpaired) electrons. The second-order valence-electron chi connectivity index (χ2n) is 10.8. The van der Waals surface area contributed by atoms with Crippen LogP contribution in [0.2, 0.25) is 0 Å². The molecule has 0 saturated carbocycles. The first-order valence-electron chi connectivity index (χ1n) is 14.4. The molecule has 0 saturated heterocycles. The van der Waals surface area contributed by atoms with Gasteiger partial charge in [-0.2, -0.15) is 0 Å². The maximum atomic E-state index is 11.9. The van der Waals surface area contributed by atoms with Crippen LogP contribution >= 0.6 is 0 Å². The van der Waals surface area contributed by atoms with Crippen molar-refractivity contribution in [2.75, 3.05) is 22.5 Å². The van der Waals surface area contributed by atoms with Crippen LogP contribution in [-0.4, -0.2) is 54.8 Å². The molecule has 11 heteroatoms. The van der Waals surface area contributed by atoms with Crippen LogP contribution in [0.3, 0.4) is 0 Å². The molecule has 0 unspecified atom stereocenters. The fourth-order valence-corrected chi connectivity index (χ4v) is 5.41. The summed E-state index contributed by atoms with van der Waals surface area (Å²) in [5.74, 6) is 0.589. The van der Waals surface area contributed by atoms with Gasteiger partial charge in [-0.25, -0.2) is 8.42 Å². The van der Waals surface area contributed by atoms with Crippen LogP contribution in [0.4, 0.5) is 11.4 Å². The van der Waals surface area contributed by atoms with Gasteiger partial charge in [0, 0.05) is 25.2 Å². The second kappa shape index (κ2) is 15.4. The molecule has 0 aliphatic rings. The van der Waals surface area contributed by atoms with E-state index < -0.39 is 34.6 Å². The summed E-state index contributed by atoms with van der Waals surface area (Å²) >= 11 is 0. The minimum Gasteiger partial charge on any atom is -0.491 e. The van der Waals surface area contributed by atoms with Crippen molar-refractivity contribution in [1.82, 2.24) is 0 Å². The zero-order valence-electron chi connectivity index (χ0n) is 25.2. The monoisotopic (exact) mass is 634 g/mol. The molecule has 10 nitrogen and oxygen atoms in total. The lowest BCUT2D eigenvalue weighted by atomic mass is 10.1. The molecular formula is C34H38N2O8S. The van der Waals surface area contributed by atoms with Gasteiger partial charge in [-0.05, 0) is 72.1 Å². The van der Waals surface area contributed by atoms with E-state index in [1.54, 1.807) is 30.3 Å². The third-order valence-electron chi connectivity index (χ3n) is 6.91. The molecule has 4 aromatic rings. The van der Waals surface area contributed by atoms with Gasteiger partial charge in [0.15, 0.2) is 0 Å². The molecule has 4 aromatic carbocycles. The van der Waals surface area contributed by atoms with Crippen LogP contribution in [0.5, 0.6) is 17.2 Å². The molecular weight excluding hydrogens is 596 g/mol. The minimum atomic E-state index is -3.43. The van der Waals surface area contributed by atoms with E-state index in [2.05, 4.69) is 21.8 Å². The van der Waals surface area contributed by atoms with Crippen LogP contribution in [0.15, 0.2) is 97.1 Å². The molecule has 0 aliphatic carbocycles. The Balaban J connectivity index is 1.40. The Hall–Kier alpha value is -4.58. The van der Waals surface area contributed by atoms with Gasteiger partial charge in [0.05, 0.1) is 30.6 Å². The van der Waals surface area contributed by atoms with Gasteiger partial charge in [-0.1, -0.05) is 48.5 Å². The summed E-state index contributed by atoms with van der Waals surface area (Å²) < 4.78 is 38.0. The number of hydrogen-bond acceptors (Lipinski definition) is 8. The SMILES string of the molecule is Cc1c(NS(C)(=O)=O)cccc1N(Cc1ccccc1)Cc1ccc(Oc2ccc(OC[C@@H](O)C[C@H](O)CC(=O)O)cc2)cc1. The van der Waals surface area contributed by atoms with Crippen LogP contribution in [0, 0.1) is 6.92 Å². The molecule has 0 fully saturated rings. The minimum absolute atomic E-state index is 0.0856. The van der Waals surface area contributed by atoms with Crippen molar-refractivity contribution in [1.29, 1.82) is 0 Å². The molecule has 0 aromatic heterocycles. The molecule has 2 atom stereocenters. The van der Waals surface area contributed by atoms with Crippen molar-refractivity contribution >= 4 is 27.4 Å². The van der Waals surface area contributed by atoms with Crippen LogP contribution in [0.1, 0.15) is 29.5 Å². The van der Waals surface area contributed by atoms with Crippen molar-refractivity contribution in [3.8, 4) is 17.2 Å². The van der Waals surface area contributed by atoms with Crippen molar-refractivity contribution in [3.63, 3.8) is 0 Å². The number of sulfonamides is 1. The maximum Gasteiger partial charge on any atom is 0.305 e. The number of ether oxygens (including phenoxy) is 2. The predicted molar refractivity (Wildman–Crippen MR) is 173 cm³/mol. The summed E-state index contributed by atoms with van der Waals surface area (Å²) in [6.07, 6.45) is -1.54. The number of carboxylic acids is 1. The Morgan fingerprint density at radius 1 is 0.800 bits per heavy atom. The van der Waals surface area contributed by atoms with Crippen molar-refractivity contribution < 1.29 is 38.0 Å². The first-order chi connectivity index (χ1) is 21.4.